The van der Waals surface area contributed by atoms with Crippen LogP contribution >= 0.6 is 0 Å². The minimum atomic E-state index is 0.567. The smallest absolute Gasteiger partial charge is 0.191 e. The number of likely N-dealkylation sites (tertiary alicyclic amines) is 1. The third-order valence-corrected chi connectivity index (χ3v) is 4.57. The first-order valence-corrected chi connectivity index (χ1v) is 8.05. The zero-order valence-corrected chi connectivity index (χ0v) is 12.4. The molecular weight excluding hydrogens is 236 g/mol. The van der Waals surface area contributed by atoms with Gasteiger partial charge in [0.1, 0.15) is 0 Å². The van der Waals surface area contributed by atoms with Crippen molar-refractivity contribution >= 4 is 5.96 Å². The van der Waals surface area contributed by atoms with Gasteiger partial charge in [0.25, 0.3) is 0 Å². The lowest BCUT2D eigenvalue weighted by molar-refractivity contribution is 0.315. The quantitative estimate of drug-likeness (QED) is 0.583. The zero-order valence-electron chi connectivity index (χ0n) is 12.4. The van der Waals surface area contributed by atoms with Gasteiger partial charge >= 0.3 is 0 Å². The van der Waals surface area contributed by atoms with Crippen LogP contribution in [0.2, 0.25) is 0 Å². The number of nitrogens with one attached hydrogen (secondary N) is 2. The van der Waals surface area contributed by atoms with Crippen LogP contribution < -0.4 is 10.6 Å². The third-order valence-electron chi connectivity index (χ3n) is 4.57. The minimum Gasteiger partial charge on any atom is -0.357 e. The summed E-state index contributed by atoms with van der Waals surface area (Å²) in [6.45, 7) is 8.91. The first kappa shape index (κ1) is 13.2. The second-order valence-electron chi connectivity index (χ2n) is 6.58. The van der Waals surface area contributed by atoms with E-state index in [0.29, 0.717) is 6.04 Å². The summed E-state index contributed by atoms with van der Waals surface area (Å²) in [5.41, 5.74) is 0. The largest absolute Gasteiger partial charge is 0.357 e. The van der Waals surface area contributed by atoms with E-state index in [1.54, 1.807) is 0 Å². The Morgan fingerprint density at radius 3 is 2.63 bits per heavy atom. The van der Waals surface area contributed by atoms with Crippen LogP contribution in [0.5, 0.6) is 0 Å². The Labute approximate surface area is 117 Å². The van der Waals surface area contributed by atoms with Crippen LogP contribution in [0, 0.1) is 11.8 Å². The molecule has 0 bridgehead atoms. The highest BCUT2D eigenvalue weighted by Crippen LogP contribution is 2.32. The number of guanidine groups is 1. The fourth-order valence-corrected chi connectivity index (χ4v) is 2.95. The molecule has 3 rings (SSSR count). The molecule has 0 radical (unpaired) electrons. The molecule has 2 aliphatic carbocycles. The van der Waals surface area contributed by atoms with E-state index in [-0.39, 0.29) is 0 Å². The van der Waals surface area contributed by atoms with E-state index >= 15 is 0 Å². The predicted octanol–water partition coefficient (Wildman–Crippen LogP) is 1.43. The molecule has 4 nitrogen and oxygen atoms in total. The predicted molar refractivity (Wildman–Crippen MR) is 79.4 cm³/mol. The fourth-order valence-electron chi connectivity index (χ4n) is 2.95. The maximum atomic E-state index is 4.73. The second kappa shape index (κ2) is 5.70. The molecule has 4 heteroatoms. The Kier molecular flexibility index (Phi) is 3.96. The van der Waals surface area contributed by atoms with Gasteiger partial charge in [0, 0.05) is 38.3 Å². The van der Waals surface area contributed by atoms with Crippen LogP contribution in [-0.2, 0) is 0 Å². The van der Waals surface area contributed by atoms with Crippen molar-refractivity contribution in [2.45, 2.75) is 51.6 Å². The average Bonchev–Trinajstić information content (AvgIpc) is 3.27. The molecule has 1 heterocycles. The highest BCUT2D eigenvalue weighted by molar-refractivity contribution is 5.80. The van der Waals surface area contributed by atoms with E-state index in [9.17, 15) is 0 Å². The van der Waals surface area contributed by atoms with Crippen LogP contribution in [-0.4, -0.2) is 49.1 Å². The van der Waals surface area contributed by atoms with Crippen LogP contribution in [0.3, 0.4) is 0 Å². The van der Waals surface area contributed by atoms with Crippen molar-refractivity contribution in [3.63, 3.8) is 0 Å². The highest BCUT2D eigenvalue weighted by Gasteiger charge is 2.38. The summed E-state index contributed by atoms with van der Waals surface area (Å²) >= 11 is 0. The molecule has 0 amide bonds. The van der Waals surface area contributed by atoms with Gasteiger partial charge in [-0.05, 0) is 44.4 Å². The lowest BCUT2D eigenvalue weighted by Crippen LogP contribution is -2.46. The lowest BCUT2D eigenvalue weighted by Gasteiger charge is -2.20. The normalized spacial score (nSPS) is 32.6. The van der Waals surface area contributed by atoms with Crippen molar-refractivity contribution in [1.82, 2.24) is 15.5 Å². The van der Waals surface area contributed by atoms with Crippen LogP contribution in [0.4, 0.5) is 0 Å². The van der Waals surface area contributed by atoms with Crippen molar-refractivity contribution in [3.05, 3.63) is 0 Å². The van der Waals surface area contributed by atoms with Gasteiger partial charge in [0.2, 0.25) is 0 Å². The Morgan fingerprint density at radius 1 is 1.21 bits per heavy atom. The van der Waals surface area contributed by atoms with Gasteiger partial charge < -0.3 is 10.6 Å². The van der Waals surface area contributed by atoms with Gasteiger partial charge in [0.15, 0.2) is 5.96 Å². The number of aliphatic imine (C=N–C) groups is 1. The Morgan fingerprint density at radius 2 is 2.00 bits per heavy atom. The average molecular weight is 264 g/mol. The molecule has 3 aliphatic rings. The van der Waals surface area contributed by atoms with E-state index < -0.39 is 0 Å². The summed E-state index contributed by atoms with van der Waals surface area (Å²) < 4.78 is 0. The Bertz CT molecular complexity index is 333. The van der Waals surface area contributed by atoms with Gasteiger partial charge in [0.05, 0.1) is 0 Å². The molecule has 1 aliphatic heterocycles. The number of nitrogens with zero attached hydrogens (tertiary/aromatic N) is 2. The molecular formula is C15H28N4. The van der Waals surface area contributed by atoms with E-state index in [0.717, 1.165) is 36.9 Å². The molecule has 3 fully saturated rings. The molecule has 0 spiro atoms. The topological polar surface area (TPSA) is 39.7 Å². The SMILES string of the molecule is CCNC(=NCC1CC1)NC1CN(C2CC2)CC1C. The fraction of sp³-hybridized carbons (Fsp3) is 0.933. The molecule has 108 valence electrons. The lowest BCUT2D eigenvalue weighted by atomic mass is 10.1. The first-order valence-electron chi connectivity index (χ1n) is 8.05. The minimum absolute atomic E-state index is 0.567. The summed E-state index contributed by atoms with van der Waals surface area (Å²) in [7, 11) is 0. The highest BCUT2D eigenvalue weighted by atomic mass is 15.3. The van der Waals surface area contributed by atoms with Crippen molar-refractivity contribution in [2.24, 2.45) is 16.8 Å². The Balaban J connectivity index is 1.52. The van der Waals surface area contributed by atoms with Crippen molar-refractivity contribution < 1.29 is 0 Å². The third kappa shape index (κ3) is 3.62. The maximum absolute atomic E-state index is 4.73. The van der Waals surface area contributed by atoms with Gasteiger partial charge in [-0.1, -0.05) is 6.92 Å². The van der Waals surface area contributed by atoms with Crippen molar-refractivity contribution in [1.29, 1.82) is 0 Å². The van der Waals surface area contributed by atoms with E-state index in [4.69, 9.17) is 4.99 Å². The van der Waals surface area contributed by atoms with Gasteiger partial charge in [-0.15, -0.1) is 0 Å². The van der Waals surface area contributed by atoms with Crippen molar-refractivity contribution in [3.8, 4) is 0 Å². The van der Waals surface area contributed by atoms with Crippen LogP contribution in [0.15, 0.2) is 4.99 Å². The summed E-state index contributed by atoms with van der Waals surface area (Å²) in [6.07, 6.45) is 5.57. The molecule has 0 aromatic heterocycles. The molecule has 2 atom stereocenters. The number of hydrogen-bond acceptors (Lipinski definition) is 2. The summed E-state index contributed by atoms with van der Waals surface area (Å²) in [5.74, 6) is 2.62. The standard InChI is InChI=1S/C15H28N4/c1-3-16-15(17-8-12-4-5-12)18-14-10-19(9-11(14)2)13-6-7-13/h11-14H,3-10H2,1-2H3,(H2,16,17,18). The van der Waals surface area contributed by atoms with Crippen molar-refractivity contribution in [2.75, 3.05) is 26.2 Å². The molecule has 1 saturated heterocycles. The van der Waals surface area contributed by atoms with E-state index in [1.165, 1.54) is 38.8 Å². The number of hydrogen-bond donors (Lipinski definition) is 2. The molecule has 0 aromatic rings. The maximum Gasteiger partial charge on any atom is 0.191 e. The summed E-state index contributed by atoms with van der Waals surface area (Å²) in [4.78, 5) is 7.39. The zero-order chi connectivity index (χ0) is 13.2. The molecule has 2 N–H and O–H groups in total. The van der Waals surface area contributed by atoms with Gasteiger partial charge in [-0.25, -0.2) is 0 Å². The second-order valence-corrected chi connectivity index (χ2v) is 6.58. The molecule has 2 saturated carbocycles. The molecule has 2 unspecified atom stereocenters. The Hall–Kier alpha value is -0.770. The molecule has 0 aromatic carbocycles. The van der Waals surface area contributed by atoms with Gasteiger partial charge in [-0.2, -0.15) is 0 Å². The van der Waals surface area contributed by atoms with E-state index in [2.05, 4.69) is 29.4 Å². The monoisotopic (exact) mass is 264 g/mol. The van der Waals surface area contributed by atoms with Gasteiger partial charge in [-0.3, -0.25) is 9.89 Å². The molecule has 19 heavy (non-hydrogen) atoms. The summed E-state index contributed by atoms with van der Waals surface area (Å²) in [6, 6.07) is 1.46. The number of rotatable bonds is 5. The first-order chi connectivity index (χ1) is 9.26. The van der Waals surface area contributed by atoms with Crippen LogP contribution in [0.1, 0.15) is 39.5 Å². The summed E-state index contributed by atoms with van der Waals surface area (Å²) in [5, 5.41) is 7.05. The van der Waals surface area contributed by atoms with Crippen LogP contribution in [0.25, 0.3) is 0 Å². The van der Waals surface area contributed by atoms with E-state index in [1.807, 2.05) is 0 Å².